The fraction of sp³-hybridized carbons (Fsp3) is 0.208. The molecule has 0 saturated carbocycles. The first kappa shape index (κ1) is 22.7. The summed E-state index contributed by atoms with van der Waals surface area (Å²) in [7, 11) is 0. The van der Waals surface area contributed by atoms with Gasteiger partial charge in [-0.05, 0) is 48.7 Å². The average molecular weight is 468 g/mol. The zero-order chi connectivity index (χ0) is 23.5. The van der Waals surface area contributed by atoms with E-state index in [0.717, 1.165) is 11.1 Å². The number of rotatable bonds is 7. The molecule has 4 rings (SSSR count). The summed E-state index contributed by atoms with van der Waals surface area (Å²) in [4.78, 5) is 22.1. The summed E-state index contributed by atoms with van der Waals surface area (Å²) in [5, 5.41) is 3.35. The second-order valence-corrected chi connectivity index (χ2v) is 8.63. The van der Waals surface area contributed by atoms with E-state index in [1.807, 2.05) is 19.9 Å². The van der Waals surface area contributed by atoms with Gasteiger partial charge in [0, 0.05) is 29.4 Å². The van der Waals surface area contributed by atoms with E-state index in [1.165, 1.54) is 40.7 Å². The van der Waals surface area contributed by atoms with Gasteiger partial charge in [-0.3, -0.25) is 4.79 Å². The van der Waals surface area contributed by atoms with Crippen molar-refractivity contribution < 1.29 is 13.6 Å². The fourth-order valence-electron chi connectivity index (χ4n) is 3.50. The maximum absolute atomic E-state index is 14.4. The number of anilines is 2. The van der Waals surface area contributed by atoms with Crippen molar-refractivity contribution in [2.75, 3.05) is 11.1 Å². The van der Waals surface area contributed by atoms with Gasteiger partial charge in [0.25, 0.3) is 0 Å². The molecule has 0 spiro atoms. The van der Waals surface area contributed by atoms with Crippen LogP contribution in [-0.4, -0.2) is 20.4 Å². The molecule has 2 heterocycles. The van der Waals surface area contributed by atoms with Gasteiger partial charge >= 0.3 is 0 Å². The number of carbonyl (C=O) groups excluding carboxylic acids is 1. The number of pyridine rings is 1. The zero-order valence-corrected chi connectivity index (χ0v) is 19.0. The van der Waals surface area contributed by atoms with Crippen LogP contribution in [0.2, 0.25) is 0 Å². The van der Waals surface area contributed by atoms with E-state index in [4.69, 9.17) is 5.73 Å². The Balaban J connectivity index is 1.60. The van der Waals surface area contributed by atoms with Crippen LogP contribution < -0.4 is 11.1 Å². The number of aromatic nitrogens is 3. The Morgan fingerprint density at radius 1 is 1.12 bits per heavy atom. The van der Waals surface area contributed by atoms with Gasteiger partial charge in [-0.2, -0.15) is 0 Å². The molecule has 6 nitrogen and oxygen atoms in total. The van der Waals surface area contributed by atoms with Crippen molar-refractivity contribution in [3.63, 3.8) is 0 Å². The predicted molar refractivity (Wildman–Crippen MR) is 126 cm³/mol. The SMILES string of the molecule is CCC(C(=O)Nc1cc(N)ccc1C)n1cc(F)cc2nc(SCc3ccc(F)cc3)nc1-2. The smallest absolute Gasteiger partial charge is 0.247 e. The van der Waals surface area contributed by atoms with Gasteiger partial charge < -0.3 is 15.6 Å². The summed E-state index contributed by atoms with van der Waals surface area (Å²) in [6.45, 7) is 3.72. The largest absolute Gasteiger partial charge is 0.399 e. The highest BCUT2D eigenvalue weighted by Gasteiger charge is 2.26. The minimum absolute atomic E-state index is 0.298. The third-order valence-corrected chi connectivity index (χ3v) is 6.17. The van der Waals surface area contributed by atoms with Gasteiger partial charge in [-0.1, -0.05) is 36.9 Å². The molecule has 0 saturated heterocycles. The molecule has 1 unspecified atom stereocenters. The van der Waals surface area contributed by atoms with Crippen LogP contribution in [-0.2, 0) is 10.5 Å². The average Bonchev–Trinajstić information content (AvgIpc) is 3.19. The summed E-state index contributed by atoms with van der Waals surface area (Å²) >= 11 is 1.36. The van der Waals surface area contributed by atoms with Crippen LogP contribution in [0.5, 0.6) is 0 Å². The number of thioether (sulfide) groups is 1. The van der Waals surface area contributed by atoms with Crippen LogP contribution in [0.25, 0.3) is 11.5 Å². The summed E-state index contributed by atoms with van der Waals surface area (Å²) in [5.74, 6) is -0.154. The molecule has 0 radical (unpaired) electrons. The van der Waals surface area contributed by atoms with Gasteiger partial charge in [0.15, 0.2) is 11.0 Å². The second-order valence-electron chi connectivity index (χ2n) is 7.68. The molecule has 2 aliphatic heterocycles. The normalized spacial score (nSPS) is 12.1. The third kappa shape index (κ3) is 5.14. The van der Waals surface area contributed by atoms with Crippen molar-refractivity contribution in [1.29, 1.82) is 0 Å². The number of hydrogen-bond donors (Lipinski definition) is 2. The quantitative estimate of drug-likeness (QED) is 0.279. The van der Waals surface area contributed by atoms with E-state index in [1.54, 1.807) is 24.3 Å². The van der Waals surface area contributed by atoms with Crippen LogP contribution >= 0.6 is 11.8 Å². The first-order valence-corrected chi connectivity index (χ1v) is 11.4. The molecular formula is C24H23F2N5OS. The lowest BCUT2D eigenvalue weighted by molar-refractivity contribution is -0.119. The third-order valence-electron chi connectivity index (χ3n) is 5.25. The Bertz CT molecular complexity index is 1260. The summed E-state index contributed by atoms with van der Waals surface area (Å²) in [5.41, 5.74) is 9.14. The van der Waals surface area contributed by atoms with Crippen LogP contribution in [0.3, 0.4) is 0 Å². The Kier molecular flexibility index (Phi) is 6.60. The van der Waals surface area contributed by atoms with E-state index in [2.05, 4.69) is 15.3 Å². The van der Waals surface area contributed by atoms with Crippen molar-refractivity contribution in [3.8, 4) is 11.5 Å². The maximum atomic E-state index is 14.4. The Morgan fingerprint density at radius 3 is 2.61 bits per heavy atom. The lowest BCUT2D eigenvalue weighted by atomic mass is 10.1. The van der Waals surface area contributed by atoms with Crippen molar-refractivity contribution in [3.05, 3.63) is 77.5 Å². The first-order valence-electron chi connectivity index (χ1n) is 10.4. The molecule has 3 N–H and O–H groups in total. The number of carbonyl (C=O) groups is 1. The number of imidazole rings is 1. The van der Waals surface area contributed by atoms with E-state index in [9.17, 15) is 13.6 Å². The number of nitrogens with two attached hydrogens (primary N) is 1. The highest BCUT2D eigenvalue weighted by atomic mass is 32.2. The first-order chi connectivity index (χ1) is 15.8. The van der Waals surface area contributed by atoms with E-state index in [-0.39, 0.29) is 11.7 Å². The molecule has 9 heteroatoms. The van der Waals surface area contributed by atoms with Gasteiger partial charge in [0.2, 0.25) is 5.91 Å². The summed E-state index contributed by atoms with van der Waals surface area (Å²) < 4.78 is 29.1. The van der Waals surface area contributed by atoms with Gasteiger partial charge in [0.05, 0.1) is 0 Å². The molecule has 0 fully saturated rings. The molecule has 1 atom stereocenters. The fourth-order valence-corrected chi connectivity index (χ4v) is 4.31. The van der Waals surface area contributed by atoms with Crippen LogP contribution in [0.15, 0.2) is 59.9 Å². The lowest BCUT2D eigenvalue weighted by Gasteiger charge is -2.21. The molecule has 1 amide bonds. The molecular weight excluding hydrogens is 444 g/mol. The summed E-state index contributed by atoms with van der Waals surface area (Å²) in [6, 6.07) is 12.1. The van der Waals surface area contributed by atoms with Crippen LogP contribution in [0, 0.1) is 18.6 Å². The Hall–Kier alpha value is -3.46. The number of nitrogens with one attached hydrogen (secondary N) is 1. The molecule has 2 aromatic rings. The molecule has 0 bridgehead atoms. The molecule has 0 aromatic heterocycles. The maximum Gasteiger partial charge on any atom is 0.247 e. The van der Waals surface area contributed by atoms with Crippen molar-refractivity contribution >= 4 is 29.0 Å². The van der Waals surface area contributed by atoms with Crippen molar-refractivity contribution in [1.82, 2.24) is 14.5 Å². The Morgan fingerprint density at radius 2 is 1.88 bits per heavy atom. The number of amides is 1. The Labute approximate surface area is 194 Å². The highest BCUT2D eigenvalue weighted by molar-refractivity contribution is 7.98. The van der Waals surface area contributed by atoms with Crippen molar-refractivity contribution in [2.45, 2.75) is 37.2 Å². The zero-order valence-electron chi connectivity index (χ0n) is 18.2. The summed E-state index contributed by atoms with van der Waals surface area (Å²) in [6.07, 6.45) is 1.69. The molecule has 0 aliphatic carbocycles. The lowest BCUT2D eigenvalue weighted by Crippen LogP contribution is -2.27. The molecule has 33 heavy (non-hydrogen) atoms. The van der Waals surface area contributed by atoms with Gasteiger partial charge in [-0.25, -0.2) is 18.7 Å². The second kappa shape index (κ2) is 9.58. The highest BCUT2D eigenvalue weighted by Crippen LogP contribution is 2.31. The number of nitrogens with zero attached hydrogens (tertiary/aromatic N) is 3. The van der Waals surface area contributed by atoms with E-state index >= 15 is 0 Å². The number of nitrogen functional groups attached to an aromatic ring is 1. The van der Waals surface area contributed by atoms with Gasteiger partial charge in [-0.15, -0.1) is 0 Å². The minimum Gasteiger partial charge on any atom is -0.399 e. The number of hydrogen-bond acceptors (Lipinski definition) is 5. The number of aryl methyl sites for hydroxylation is 1. The topological polar surface area (TPSA) is 85.8 Å². The number of fused-ring (bicyclic) bond motifs is 1. The van der Waals surface area contributed by atoms with Crippen LogP contribution in [0.1, 0.15) is 30.5 Å². The van der Waals surface area contributed by atoms with Crippen LogP contribution in [0.4, 0.5) is 20.2 Å². The van der Waals surface area contributed by atoms with Crippen molar-refractivity contribution in [2.24, 2.45) is 0 Å². The molecule has 170 valence electrons. The predicted octanol–water partition coefficient (Wildman–Crippen LogP) is 5.43. The van der Waals surface area contributed by atoms with Gasteiger partial charge in [0.1, 0.15) is 23.4 Å². The molecule has 2 aromatic carbocycles. The monoisotopic (exact) mass is 467 g/mol. The van der Waals surface area contributed by atoms with E-state index in [0.29, 0.717) is 40.2 Å². The molecule has 2 aliphatic rings. The standard InChI is InChI=1S/C24H23F2N5OS/c1-3-21(23(32)28-19-11-18(27)9-4-14(19)2)31-12-17(26)10-20-22(31)30-24(29-20)33-13-15-5-7-16(25)8-6-15/h4-12,21H,3,13,27H2,1-2H3,(H,28,32). The number of halogens is 2. The minimum atomic E-state index is -0.698. The van der Waals surface area contributed by atoms with E-state index < -0.39 is 11.9 Å². The number of benzene rings is 2.